The molecule has 0 bridgehead atoms. The first kappa shape index (κ1) is 18.0. The Labute approximate surface area is 145 Å². The molecule has 0 atom stereocenters. The summed E-state index contributed by atoms with van der Waals surface area (Å²) < 4.78 is 5.44. The zero-order valence-corrected chi connectivity index (χ0v) is 13.7. The summed E-state index contributed by atoms with van der Waals surface area (Å²) in [5.74, 6) is -1.05. The SMILES string of the molecule is CCCOc1ccc(NC(=O)C(=O)N/N=C/c2ccccc2O)cc1. The van der Waals surface area contributed by atoms with Crippen LogP contribution in [0, 0.1) is 0 Å². The van der Waals surface area contributed by atoms with Crippen LogP contribution in [0.3, 0.4) is 0 Å². The van der Waals surface area contributed by atoms with Crippen LogP contribution >= 0.6 is 0 Å². The minimum atomic E-state index is -0.919. The highest BCUT2D eigenvalue weighted by molar-refractivity contribution is 6.39. The number of hydrazone groups is 1. The summed E-state index contributed by atoms with van der Waals surface area (Å²) in [6, 6.07) is 13.2. The Balaban J connectivity index is 1.85. The summed E-state index contributed by atoms with van der Waals surface area (Å²) in [7, 11) is 0. The van der Waals surface area contributed by atoms with Crippen molar-refractivity contribution >= 4 is 23.7 Å². The number of phenols is 1. The summed E-state index contributed by atoms with van der Waals surface area (Å²) >= 11 is 0. The molecule has 7 nitrogen and oxygen atoms in total. The molecular formula is C18H19N3O4. The smallest absolute Gasteiger partial charge is 0.329 e. The molecule has 25 heavy (non-hydrogen) atoms. The molecule has 130 valence electrons. The molecule has 2 amide bonds. The van der Waals surface area contributed by atoms with Crippen LogP contribution in [0.2, 0.25) is 0 Å². The third-order valence-corrected chi connectivity index (χ3v) is 3.10. The van der Waals surface area contributed by atoms with Crippen LogP contribution in [0.15, 0.2) is 53.6 Å². The van der Waals surface area contributed by atoms with E-state index in [0.29, 0.717) is 23.6 Å². The minimum Gasteiger partial charge on any atom is -0.507 e. The van der Waals surface area contributed by atoms with E-state index in [9.17, 15) is 14.7 Å². The fourth-order valence-electron chi connectivity index (χ4n) is 1.85. The van der Waals surface area contributed by atoms with E-state index >= 15 is 0 Å². The van der Waals surface area contributed by atoms with E-state index in [2.05, 4.69) is 15.8 Å². The molecule has 0 radical (unpaired) electrons. The Morgan fingerprint density at radius 3 is 2.52 bits per heavy atom. The second kappa shape index (κ2) is 9.07. The number of anilines is 1. The predicted octanol–water partition coefficient (Wildman–Crippen LogP) is 2.27. The summed E-state index contributed by atoms with van der Waals surface area (Å²) in [6.07, 6.45) is 2.15. The van der Waals surface area contributed by atoms with Gasteiger partial charge >= 0.3 is 11.8 Å². The number of para-hydroxylation sites is 1. The predicted molar refractivity (Wildman–Crippen MR) is 94.7 cm³/mol. The van der Waals surface area contributed by atoms with Gasteiger partial charge in [0.1, 0.15) is 11.5 Å². The minimum absolute atomic E-state index is 0.0235. The largest absolute Gasteiger partial charge is 0.507 e. The number of ether oxygens (including phenoxy) is 1. The number of carbonyl (C=O) groups is 2. The first-order valence-electron chi connectivity index (χ1n) is 7.75. The van der Waals surface area contributed by atoms with Crippen LogP contribution in [-0.4, -0.2) is 29.7 Å². The lowest BCUT2D eigenvalue weighted by Crippen LogP contribution is -2.32. The van der Waals surface area contributed by atoms with Crippen molar-refractivity contribution in [3.8, 4) is 11.5 Å². The first-order valence-corrected chi connectivity index (χ1v) is 7.75. The third kappa shape index (κ3) is 5.65. The number of nitrogens with zero attached hydrogens (tertiary/aromatic N) is 1. The monoisotopic (exact) mass is 341 g/mol. The molecule has 2 rings (SSSR count). The van der Waals surface area contributed by atoms with Gasteiger partial charge in [-0.25, -0.2) is 5.43 Å². The molecule has 7 heteroatoms. The number of phenolic OH excluding ortho intramolecular Hbond substituents is 1. The molecule has 0 aliphatic rings. The molecule has 0 saturated carbocycles. The van der Waals surface area contributed by atoms with Gasteiger partial charge in [-0.2, -0.15) is 5.10 Å². The normalized spacial score (nSPS) is 10.4. The van der Waals surface area contributed by atoms with Crippen molar-refractivity contribution < 1.29 is 19.4 Å². The van der Waals surface area contributed by atoms with E-state index in [1.165, 1.54) is 12.3 Å². The van der Waals surface area contributed by atoms with Gasteiger partial charge in [-0.3, -0.25) is 9.59 Å². The van der Waals surface area contributed by atoms with Gasteiger partial charge in [0.25, 0.3) is 0 Å². The molecule has 0 aromatic heterocycles. The van der Waals surface area contributed by atoms with Crippen molar-refractivity contribution in [1.29, 1.82) is 0 Å². The molecule has 0 aliphatic carbocycles. The summed E-state index contributed by atoms with van der Waals surface area (Å²) in [4.78, 5) is 23.5. The highest BCUT2D eigenvalue weighted by Crippen LogP contribution is 2.16. The topological polar surface area (TPSA) is 100 Å². The van der Waals surface area contributed by atoms with Gasteiger partial charge in [0, 0.05) is 11.3 Å². The fraction of sp³-hybridized carbons (Fsp3) is 0.167. The maximum atomic E-state index is 11.8. The lowest BCUT2D eigenvalue weighted by atomic mass is 10.2. The lowest BCUT2D eigenvalue weighted by molar-refractivity contribution is -0.136. The molecule has 0 aliphatic heterocycles. The summed E-state index contributed by atoms with van der Waals surface area (Å²) in [5, 5.41) is 15.7. The van der Waals surface area contributed by atoms with Crippen LogP contribution < -0.4 is 15.5 Å². The Morgan fingerprint density at radius 2 is 1.84 bits per heavy atom. The molecule has 0 unspecified atom stereocenters. The van der Waals surface area contributed by atoms with Crippen molar-refractivity contribution in [2.45, 2.75) is 13.3 Å². The van der Waals surface area contributed by atoms with Gasteiger partial charge in [0.05, 0.1) is 12.8 Å². The lowest BCUT2D eigenvalue weighted by Gasteiger charge is -2.07. The molecule has 0 spiro atoms. The molecule has 0 heterocycles. The Bertz CT molecular complexity index is 757. The molecule has 2 aromatic carbocycles. The number of hydrogen-bond donors (Lipinski definition) is 3. The van der Waals surface area contributed by atoms with Crippen molar-refractivity contribution in [1.82, 2.24) is 5.43 Å². The quantitative estimate of drug-likeness (QED) is 0.426. The highest BCUT2D eigenvalue weighted by Gasteiger charge is 2.12. The van der Waals surface area contributed by atoms with Crippen molar-refractivity contribution in [2.75, 3.05) is 11.9 Å². The Morgan fingerprint density at radius 1 is 1.12 bits per heavy atom. The van der Waals surface area contributed by atoms with Crippen molar-refractivity contribution in [2.24, 2.45) is 5.10 Å². The van der Waals surface area contributed by atoms with Gasteiger partial charge in [-0.1, -0.05) is 19.1 Å². The molecule has 3 N–H and O–H groups in total. The average molecular weight is 341 g/mol. The van der Waals surface area contributed by atoms with Gasteiger partial charge < -0.3 is 15.2 Å². The van der Waals surface area contributed by atoms with E-state index < -0.39 is 11.8 Å². The zero-order valence-electron chi connectivity index (χ0n) is 13.7. The average Bonchev–Trinajstić information content (AvgIpc) is 2.62. The molecule has 2 aromatic rings. The molecule has 0 saturated heterocycles. The van der Waals surface area contributed by atoms with Gasteiger partial charge in [-0.05, 0) is 42.8 Å². The first-order chi connectivity index (χ1) is 12.1. The number of rotatable bonds is 6. The standard InChI is InChI=1S/C18H19N3O4/c1-2-11-25-15-9-7-14(8-10-15)20-17(23)18(24)21-19-12-13-5-3-4-6-16(13)22/h3-10,12,22H,2,11H2,1H3,(H,20,23)(H,21,24)/b19-12+. The number of carbonyl (C=O) groups excluding carboxylic acids is 2. The van der Waals surface area contributed by atoms with Crippen LogP contribution in [0.5, 0.6) is 11.5 Å². The number of hydrogen-bond acceptors (Lipinski definition) is 5. The highest BCUT2D eigenvalue weighted by atomic mass is 16.5. The maximum Gasteiger partial charge on any atom is 0.329 e. The van der Waals surface area contributed by atoms with Crippen molar-refractivity contribution in [3.63, 3.8) is 0 Å². The van der Waals surface area contributed by atoms with E-state index in [0.717, 1.165) is 6.42 Å². The Hall–Kier alpha value is -3.35. The van der Waals surface area contributed by atoms with Crippen LogP contribution in [0.1, 0.15) is 18.9 Å². The maximum absolute atomic E-state index is 11.8. The van der Waals surface area contributed by atoms with Crippen LogP contribution in [0.25, 0.3) is 0 Å². The molecular weight excluding hydrogens is 322 g/mol. The second-order valence-electron chi connectivity index (χ2n) is 5.08. The van der Waals surface area contributed by atoms with Gasteiger partial charge in [0.2, 0.25) is 0 Å². The van der Waals surface area contributed by atoms with Gasteiger partial charge in [0.15, 0.2) is 0 Å². The van der Waals surface area contributed by atoms with Gasteiger partial charge in [-0.15, -0.1) is 0 Å². The number of amides is 2. The zero-order chi connectivity index (χ0) is 18.1. The fourth-order valence-corrected chi connectivity index (χ4v) is 1.85. The van der Waals surface area contributed by atoms with E-state index in [1.54, 1.807) is 42.5 Å². The van der Waals surface area contributed by atoms with E-state index in [-0.39, 0.29) is 5.75 Å². The van der Waals surface area contributed by atoms with Crippen LogP contribution in [-0.2, 0) is 9.59 Å². The summed E-state index contributed by atoms with van der Waals surface area (Å²) in [5.41, 5.74) is 2.99. The molecule has 0 fully saturated rings. The number of benzene rings is 2. The summed E-state index contributed by atoms with van der Waals surface area (Å²) in [6.45, 7) is 2.62. The van der Waals surface area contributed by atoms with E-state index in [1.807, 2.05) is 6.92 Å². The van der Waals surface area contributed by atoms with Crippen LogP contribution in [0.4, 0.5) is 5.69 Å². The number of aromatic hydroxyl groups is 1. The Kier molecular flexibility index (Phi) is 6.53. The second-order valence-corrected chi connectivity index (χ2v) is 5.08. The third-order valence-electron chi connectivity index (χ3n) is 3.10. The van der Waals surface area contributed by atoms with E-state index in [4.69, 9.17) is 4.74 Å². The van der Waals surface area contributed by atoms with Crippen molar-refractivity contribution in [3.05, 3.63) is 54.1 Å². The number of nitrogens with one attached hydrogen (secondary N) is 2.